The molecule has 0 atom stereocenters. The van der Waals surface area contributed by atoms with Crippen molar-refractivity contribution in [1.82, 2.24) is 0 Å². The molecule has 0 aromatic heterocycles. The first-order valence-electron chi connectivity index (χ1n) is 14.9. The minimum atomic E-state index is -2.44. The van der Waals surface area contributed by atoms with E-state index in [1.165, 1.54) is 37.6 Å². The van der Waals surface area contributed by atoms with Gasteiger partial charge in [0.15, 0.2) is 0 Å². The summed E-state index contributed by atoms with van der Waals surface area (Å²) in [5, 5.41) is 12.2. The molecule has 0 saturated heterocycles. The molecule has 0 unspecified atom stereocenters. The fourth-order valence-electron chi connectivity index (χ4n) is 8.28. The van der Waals surface area contributed by atoms with Crippen molar-refractivity contribution in [1.29, 1.82) is 0 Å². The van der Waals surface area contributed by atoms with Gasteiger partial charge in [-0.05, 0) is 0 Å². The van der Waals surface area contributed by atoms with Gasteiger partial charge in [-0.3, -0.25) is 0 Å². The fourth-order valence-corrected chi connectivity index (χ4v) is 20.1. The Morgan fingerprint density at radius 1 is 0.429 bits per heavy atom. The average Bonchev–Trinajstić information content (AvgIpc) is 3.94. The monoisotopic (exact) mass is 578 g/mol. The van der Waals surface area contributed by atoms with Gasteiger partial charge >= 0.3 is 249 Å². The first-order chi connectivity index (χ1) is 20.6. The number of fused-ring (bicyclic) bond motifs is 7. The van der Waals surface area contributed by atoms with Crippen molar-refractivity contribution in [2.24, 2.45) is 0 Å². The van der Waals surface area contributed by atoms with Crippen LogP contribution in [0.3, 0.4) is 0 Å². The molecule has 6 aromatic carbocycles. The molecule has 0 radical (unpaired) electrons. The summed E-state index contributed by atoms with van der Waals surface area (Å²) < 4.78 is 7.13. The molecule has 0 spiro atoms. The van der Waals surface area contributed by atoms with Gasteiger partial charge in [0.05, 0.1) is 0 Å². The molecular formula is C39H32OP2. The van der Waals surface area contributed by atoms with E-state index in [9.17, 15) is 0 Å². The number of benzene rings is 6. The van der Waals surface area contributed by atoms with Crippen molar-refractivity contribution in [2.75, 3.05) is 0 Å². The molecule has 3 aliphatic heterocycles. The van der Waals surface area contributed by atoms with E-state index in [0.29, 0.717) is 0 Å². The van der Waals surface area contributed by atoms with Crippen LogP contribution in [0.4, 0.5) is 0 Å². The molecule has 42 heavy (non-hydrogen) atoms. The van der Waals surface area contributed by atoms with Gasteiger partial charge < -0.3 is 0 Å². The molecule has 3 heterocycles. The molecule has 9 rings (SSSR count). The maximum atomic E-state index is 7.13. The molecule has 0 N–H and O–H groups in total. The molecule has 0 fully saturated rings. The van der Waals surface area contributed by atoms with Crippen LogP contribution < -0.4 is 47.2 Å². The van der Waals surface area contributed by atoms with Gasteiger partial charge in [-0.15, -0.1) is 0 Å². The van der Waals surface area contributed by atoms with Gasteiger partial charge in [-0.25, -0.2) is 0 Å². The van der Waals surface area contributed by atoms with E-state index < -0.39 is 14.5 Å². The summed E-state index contributed by atoms with van der Waals surface area (Å²) in [5.41, 5.74) is 2.52. The molecule has 0 bridgehead atoms. The van der Waals surface area contributed by atoms with Gasteiger partial charge in [0, 0.05) is 0 Å². The van der Waals surface area contributed by atoms with Crippen LogP contribution in [-0.2, 0) is 5.41 Å². The summed E-state index contributed by atoms with van der Waals surface area (Å²) in [6.45, 7) is 4.84. The van der Waals surface area contributed by atoms with Crippen molar-refractivity contribution in [3.8, 4) is 11.5 Å². The fraction of sp³-hybridized carbons (Fsp3) is 0.0769. The van der Waals surface area contributed by atoms with Crippen LogP contribution in [0.1, 0.15) is 25.0 Å². The Bertz CT molecular complexity index is 1940. The van der Waals surface area contributed by atoms with Gasteiger partial charge in [-0.1, -0.05) is 0 Å². The van der Waals surface area contributed by atoms with Gasteiger partial charge in [0.25, 0.3) is 0 Å². The van der Waals surface area contributed by atoms with Crippen molar-refractivity contribution < 1.29 is 4.74 Å². The SMILES string of the molecule is CC1(C)c2ccccc2Oc2c1c1c(c3c2[PH]3(c2ccccc2)c2ccccc2)[PH]1(c1ccccc1)c1ccccc1. The summed E-state index contributed by atoms with van der Waals surface area (Å²) in [6.07, 6.45) is 0. The van der Waals surface area contributed by atoms with Crippen LogP contribution in [0.2, 0.25) is 0 Å². The van der Waals surface area contributed by atoms with E-state index in [1.54, 1.807) is 15.9 Å². The molecule has 204 valence electrons. The average molecular weight is 579 g/mol. The van der Waals surface area contributed by atoms with Gasteiger partial charge in [0.1, 0.15) is 0 Å². The summed E-state index contributed by atoms with van der Waals surface area (Å²) >= 11 is 0. The Kier molecular flexibility index (Phi) is 4.98. The quantitative estimate of drug-likeness (QED) is 0.253. The zero-order valence-corrected chi connectivity index (χ0v) is 25.8. The Labute approximate surface area is 248 Å². The van der Waals surface area contributed by atoms with Crippen LogP contribution in [-0.4, -0.2) is 0 Å². The molecule has 1 nitrogen and oxygen atoms in total. The number of rotatable bonds is 4. The van der Waals surface area contributed by atoms with Gasteiger partial charge in [0.2, 0.25) is 0 Å². The van der Waals surface area contributed by atoms with E-state index in [1.807, 2.05) is 0 Å². The van der Waals surface area contributed by atoms with E-state index in [2.05, 4.69) is 159 Å². The molecule has 6 aromatic rings. The summed E-state index contributed by atoms with van der Waals surface area (Å²) in [6, 6.07) is 54.1. The third-order valence-corrected chi connectivity index (χ3v) is 19.6. The zero-order valence-electron chi connectivity index (χ0n) is 23.8. The van der Waals surface area contributed by atoms with Crippen LogP contribution in [0.5, 0.6) is 11.5 Å². The molecule has 3 heteroatoms. The van der Waals surface area contributed by atoms with E-state index >= 15 is 0 Å². The van der Waals surface area contributed by atoms with Crippen molar-refractivity contribution in [3.63, 3.8) is 0 Å². The molecular weight excluding hydrogens is 546 g/mol. The van der Waals surface area contributed by atoms with Crippen LogP contribution in [0.25, 0.3) is 0 Å². The second-order valence-corrected chi connectivity index (χ2v) is 19.7. The van der Waals surface area contributed by atoms with Crippen LogP contribution in [0.15, 0.2) is 146 Å². The maximum absolute atomic E-state index is 7.13. The third-order valence-electron chi connectivity index (χ3n) is 10.1. The first-order valence-corrected chi connectivity index (χ1v) is 18.9. The first kappa shape index (κ1) is 24.6. The van der Waals surface area contributed by atoms with Crippen molar-refractivity contribution >= 4 is 57.0 Å². The van der Waals surface area contributed by atoms with Crippen molar-refractivity contribution in [3.05, 3.63) is 157 Å². The van der Waals surface area contributed by atoms with Gasteiger partial charge in [-0.2, -0.15) is 0 Å². The standard InChI is InChI=1S/C39H32OP2/c1-39(2)31-25-15-16-26-32(31)40-34-33(39)35-37(41(35,27-17-7-3-8-18-27)28-19-9-4-10-20-28)38-36(34)42(38,29-21-11-5-12-22-29)30-23-13-6-14-24-30/h3-26,41-42H,1-2H3. The summed E-state index contributed by atoms with van der Waals surface area (Å²) in [7, 11) is -4.87. The van der Waals surface area contributed by atoms with E-state index in [0.717, 1.165) is 11.5 Å². The predicted molar refractivity (Wildman–Crippen MR) is 185 cm³/mol. The summed E-state index contributed by atoms with van der Waals surface area (Å²) in [4.78, 5) is 0. The Morgan fingerprint density at radius 2 is 0.810 bits per heavy atom. The van der Waals surface area contributed by atoms with E-state index in [-0.39, 0.29) is 5.41 Å². The number of para-hydroxylation sites is 1. The summed E-state index contributed by atoms with van der Waals surface area (Å²) in [5.74, 6) is 2.15. The third kappa shape index (κ3) is 2.91. The second kappa shape index (κ2) is 8.52. The Balaban J connectivity index is 1.46. The van der Waals surface area contributed by atoms with Crippen LogP contribution in [0, 0.1) is 0 Å². The predicted octanol–water partition coefficient (Wildman–Crippen LogP) is 5.45. The second-order valence-electron chi connectivity index (χ2n) is 12.4. The Morgan fingerprint density at radius 3 is 1.29 bits per heavy atom. The Hall–Kier alpha value is -4.02. The zero-order chi connectivity index (χ0) is 28.1. The van der Waals surface area contributed by atoms with E-state index in [4.69, 9.17) is 4.74 Å². The molecule has 0 aliphatic carbocycles. The molecule has 3 aliphatic rings. The van der Waals surface area contributed by atoms with Crippen LogP contribution >= 0.6 is 14.5 Å². The molecule has 0 saturated carbocycles. The number of hydrogen-bond acceptors (Lipinski definition) is 1. The molecule has 0 amide bonds. The minimum absolute atomic E-state index is 0.183. The normalized spacial score (nSPS) is 18.6. The topological polar surface area (TPSA) is 9.23 Å². The number of ether oxygens (including phenoxy) is 1. The van der Waals surface area contributed by atoms with Crippen molar-refractivity contribution in [2.45, 2.75) is 19.3 Å². The number of hydrogen-bond donors (Lipinski definition) is 0.